The average molecular weight is 416 g/mol. The summed E-state index contributed by atoms with van der Waals surface area (Å²) in [6.45, 7) is 5.22. The molecule has 0 unspecified atom stereocenters. The SMILES string of the molecule is CCCCCCOc1c(B(O)O)ccc2c(OCCCCCC)c(B(O)O)ccc12. The molecule has 2 aromatic rings. The standard InChI is InChI=1S/C22H34B2O6/c1-3-5-7-9-15-29-21-17-11-14-20(24(27)28)22(30-16-10-8-6-4-2)18(17)12-13-19(21)23(25)26/h11-14,25-28H,3-10,15-16H2,1-2H3. The van der Waals surface area contributed by atoms with Gasteiger partial charge < -0.3 is 29.6 Å². The third-order valence-corrected chi connectivity index (χ3v) is 5.21. The summed E-state index contributed by atoms with van der Waals surface area (Å²) in [4.78, 5) is 0. The molecule has 2 aromatic carbocycles. The molecule has 0 aliphatic heterocycles. The maximum atomic E-state index is 9.81. The molecule has 0 bridgehead atoms. The first-order valence-corrected chi connectivity index (χ1v) is 11.1. The Morgan fingerprint density at radius 3 is 1.33 bits per heavy atom. The maximum Gasteiger partial charge on any atom is 0.492 e. The van der Waals surface area contributed by atoms with Gasteiger partial charge in [0.2, 0.25) is 0 Å². The van der Waals surface area contributed by atoms with Crippen molar-refractivity contribution in [3.8, 4) is 11.5 Å². The van der Waals surface area contributed by atoms with Crippen LogP contribution in [0.5, 0.6) is 11.5 Å². The molecule has 0 saturated heterocycles. The van der Waals surface area contributed by atoms with Crippen LogP contribution in [0.4, 0.5) is 0 Å². The molecular weight excluding hydrogens is 382 g/mol. The third kappa shape index (κ3) is 6.64. The van der Waals surface area contributed by atoms with Crippen molar-refractivity contribution in [2.24, 2.45) is 0 Å². The van der Waals surface area contributed by atoms with Gasteiger partial charge >= 0.3 is 14.2 Å². The second-order valence-corrected chi connectivity index (χ2v) is 7.63. The Bertz CT molecular complexity index is 717. The molecule has 4 N–H and O–H groups in total. The van der Waals surface area contributed by atoms with Crippen LogP contribution in [0.1, 0.15) is 65.2 Å². The molecule has 0 aliphatic carbocycles. The smallest absolute Gasteiger partial charge is 0.492 e. The molecule has 0 amide bonds. The van der Waals surface area contributed by atoms with E-state index in [9.17, 15) is 20.1 Å². The Kier molecular flexibility index (Phi) is 10.5. The van der Waals surface area contributed by atoms with Crippen LogP contribution in [0.25, 0.3) is 10.8 Å². The highest BCUT2D eigenvalue weighted by Gasteiger charge is 2.25. The van der Waals surface area contributed by atoms with Crippen molar-refractivity contribution in [1.82, 2.24) is 0 Å². The third-order valence-electron chi connectivity index (χ3n) is 5.21. The molecule has 164 valence electrons. The molecule has 0 aliphatic rings. The van der Waals surface area contributed by atoms with Crippen molar-refractivity contribution < 1.29 is 29.6 Å². The quantitative estimate of drug-likeness (QED) is 0.278. The first-order chi connectivity index (χ1) is 14.5. The topological polar surface area (TPSA) is 99.4 Å². The maximum absolute atomic E-state index is 9.81. The molecule has 0 atom stereocenters. The van der Waals surface area contributed by atoms with Crippen molar-refractivity contribution in [3.63, 3.8) is 0 Å². The van der Waals surface area contributed by atoms with Gasteiger partial charge in [-0.3, -0.25) is 0 Å². The Balaban J connectivity index is 2.37. The largest absolute Gasteiger partial charge is 0.493 e. The average Bonchev–Trinajstić information content (AvgIpc) is 2.72. The zero-order valence-electron chi connectivity index (χ0n) is 18.1. The van der Waals surface area contributed by atoms with E-state index in [1.165, 1.54) is 0 Å². The molecule has 6 nitrogen and oxygen atoms in total. The number of ether oxygens (including phenoxy) is 2. The zero-order chi connectivity index (χ0) is 21.9. The van der Waals surface area contributed by atoms with Crippen LogP contribution in [0.2, 0.25) is 0 Å². The molecule has 0 aromatic heterocycles. The number of hydrogen-bond donors (Lipinski definition) is 4. The molecule has 0 fully saturated rings. The van der Waals surface area contributed by atoms with E-state index in [1.54, 1.807) is 24.3 Å². The van der Waals surface area contributed by atoms with E-state index >= 15 is 0 Å². The first kappa shape index (κ1) is 24.5. The Labute approximate surface area is 180 Å². The lowest BCUT2D eigenvalue weighted by Gasteiger charge is -2.18. The van der Waals surface area contributed by atoms with Crippen molar-refractivity contribution in [2.45, 2.75) is 65.2 Å². The van der Waals surface area contributed by atoms with E-state index in [0.717, 1.165) is 51.4 Å². The van der Waals surface area contributed by atoms with Crippen molar-refractivity contribution in [2.75, 3.05) is 13.2 Å². The van der Waals surface area contributed by atoms with Gasteiger partial charge in [0.15, 0.2) is 0 Å². The van der Waals surface area contributed by atoms with Crippen molar-refractivity contribution in [3.05, 3.63) is 24.3 Å². The number of unbranched alkanes of at least 4 members (excludes halogenated alkanes) is 6. The van der Waals surface area contributed by atoms with Crippen LogP contribution in [0.3, 0.4) is 0 Å². The molecule has 0 radical (unpaired) electrons. The fraction of sp³-hybridized carbons (Fsp3) is 0.545. The molecule has 0 heterocycles. The summed E-state index contributed by atoms with van der Waals surface area (Å²) in [5.74, 6) is 0.794. The fourth-order valence-corrected chi connectivity index (χ4v) is 3.52. The molecule has 8 heteroatoms. The Morgan fingerprint density at radius 1 is 0.600 bits per heavy atom. The van der Waals surface area contributed by atoms with Crippen LogP contribution in [-0.4, -0.2) is 47.5 Å². The lowest BCUT2D eigenvalue weighted by atomic mass is 9.75. The van der Waals surface area contributed by atoms with Gasteiger partial charge in [-0.05, 0) is 12.8 Å². The van der Waals surface area contributed by atoms with Gasteiger partial charge in [-0.15, -0.1) is 0 Å². The Morgan fingerprint density at radius 2 is 1.00 bits per heavy atom. The van der Waals surface area contributed by atoms with Gasteiger partial charge in [-0.2, -0.15) is 0 Å². The predicted molar refractivity (Wildman–Crippen MR) is 123 cm³/mol. The minimum atomic E-state index is -1.67. The van der Waals surface area contributed by atoms with Gasteiger partial charge in [-0.25, -0.2) is 0 Å². The van der Waals surface area contributed by atoms with Crippen LogP contribution < -0.4 is 20.4 Å². The van der Waals surface area contributed by atoms with Crippen LogP contribution in [0.15, 0.2) is 24.3 Å². The minimum absolute atomic E-state index is 0.282. The monoisotopic (exact) mass is 416 g/mol. The van der Waals surface area contributed by atoms with E-state index in [2.05, 4.69) is 13.8 Å². The number of hydrogen-bond acceptors (Lipinski definition) is 6. The van der Waals surface area contributed by atoms with Crippen LogP contribution in [0, 0.1) is 0 Å². The van der Waals surface area contributed by atoms with E-state index in [1.807, 2.05) is 0 Å². The molecule has 2 rings (SSSR count). The summed E-state index contributed by atoms with van der Waals surface area (Å²) in [6.07, 6.45) is 8.35. The zero-order valence-corrected chi connectivity index (χ0v) is 18.1. The fourth-order valence-electron chi connectivity index (χ4n) is 3.52. The second-order valence-electron chi connectivity index (χ2n) is 7.63. The van der Waals surface area contributed by atoms with Gasteiger partial charge in [-0.1, -0.05) is 76.6 Å². The van der Waals surface area contributed by atoms with Crippen molar-refractivity contribution >= 4 is 35.9 Å². The second kappa shape index (κ2) is 12.8. The van der Waals surface area contributed by atoms with Crippen molar-refractivity contribution in [1.29, 1.82) is 0 Å². The summed E-state index contributed by atoms with van der Waals surface area (Å²) in [5.41, 5.74) is 0.563. The summed E-state index contributed by atoms with van der Waals surface area (Å²) in [5, 5.41) is 40.5. The molecule has 0 spiro atoms. The molecule has 30 heavy (non-hydrogen) atoms. The lowest BCUT2D eigenvalue weighted by molar-refractivity contribution is 0.306. The number of rotatable bonds is 14. The van der Waals surface area contributed by atoms with Crippen LogP contribution in [-0.2, 0) is 0 Å². The van der Waals surface area contributed by atoms with E-state index < -0.39 is 14.2 Å². The Hall–Kier alpha value is -1.73. The van der Waals surface area contributed by atoms with E-state index in [4.69, 9.17) is 9.47 Å². The van der Waals surface area contributed by atoms with Crippen LogP contribution >= 0.6 is 0 Å². The van der Waals surface area contributed by atoms with E-state index in [-0.39, 0.29) is 10.9 Å². The summed E-state index contributed by atoms with van der Waals surface area (Å²) >= 11 is 0. The summed E-state index contributed by atoms with van der Waals surface area (Å²) in [6, 6.07) is 6.60. The van der Waals surface area contributed by atoms with E-state index in [0.29, 0.717) is 35.5 Å². The normalized spacial score (nSPS) is 11.0. The molecular formula is C22H34B2O6. The van der Waals surface area contributed by atoms with Gasteiger partial charge in [0, 0.05) is 21.7 Å². The predicted octanol–water partition coefficient (Wildman–Crippen LogP) is 2.12. The molecule has 0 saturated carbocycles. The highest BCUT2D eigenvalue weighted by atomic mass is 16.5. The van der Waals surface area contributed by atoms with Gasteiger partial charge in [0.25, 0.3) is 0 Å². The highest BCUT2D eigenvalue weighted by Crippen LogP contribution is 2.31. The first-order valence-electron chi connectivity index (χ1n) is 11.1. The van der Waals surface area contributed by atoms with Gasteiger partial charge in [0.05, 0.1) is 13.2 Å². The van der Waals surface area contributed by atoms with Gasteiger partial charge in [0.1, 0.15) is 11.5 Å². The lowest BCUT2D eigenvalue weighted by Crippen LogP contribution is -2.33. The highest BCUT2D eigenvalue weighted by molar-refractivity contribution is 6.61. The summed E-state index contributed by atoms with van der Waals surface area (Å²) in [7, 11) is -3.33. The summed E-state index contributed by atoms with van der Waals surface area (Å²) < 4.78 is 11.9. The number of fused-ring (bicyclic) bond motifs is 1. The minimum Gasteiger partial charge on any atom is -0.493 e. The number of benzene rings is 2.